The summed E-state index contributed by atoms with van der Waals surface area (Å²) in [6.07, 6.45) is 1.70. The maximum absolute atomic E-state index is 13.0. The molecule has 30 heavy (non-hydrogen) atoms. The molecule has 1 unspecified atom stereocenters. The van der Waals surface area contributed by atoms with Gasteiger partial charge >= 0.3 is 0 Å². The van der Waals surface area contributed by atoms with Crippen molar-refractivity contribution in [2.24, 2.45) is 5.14 Å². The molecule has 0 radical (unpaired) electrons. The predicted octanol–water partition coefficient (Wildman–Crippen LogP) is 2.67. The number of ether oxygens (including phenoxy) is 1. The Balaban J connectivity index is 1.87. The number of primary sulfonamides is 1. The summed E-state index contributed by atoms with van der Waals surface area (Å²) in [5.74, 6) is 0.345. The number of carbonyl (C=O) groups is 1. The van der Waals surface area contributed by atoms with Gasteiger partial charge in [0, 0.05) is 13.2 Å². The van der Waals surface area contributed by atoms with Gasteiger partial charge in [0.15, 0.2) is 5.69 Å². The molecule has 2 aromatic carbocycles. The van der Waals surface area contributed by atoms with Crippen LogP contribution in [0, 0.1) is 6.92 Å². The number of amides is 1. The summed E-state index contributed by atoms with van der Waals surface area (Å²) in [4.78, 5) is 14.5. The number of sulfonamides is 1. The lowest BCUT2D eigenvalue weighted by molar-refractivity contribution is 0.0736. The van der Waals surface area contributed by atoms with Crippen molar-refractivity contribution in [3.05, 3.63) is 71.5 Å². The standard InChI is InChI=1S/C21H24N4O4S/c1-14-8-9-20(29-4)19(12-14)25-11-10-18(23-25)21(26)24(3)15(2)16-6-5-7-17(13-16)30(22,27)28/h5-13,15H,1-4H3,(H2,22,27,28). The molecule has 0 saturated heterocycles. The van der Waals surface area contributed by atoms with Crippen molar-refractivity contribution in [2.45, 2.75) is 24.8 Å². The quantitative estimate of drug-likeness (QED) is 0.649. The zero-order chi connectivity index (χ0) is 22.1. The first-order valence-electron chi connectivity index (χ1n) is 9.22. The lowest BCUT2D eigenvalue weighted by Crippen LogP contribution is -2.30. The number of hydrogen-bond acceptors (Lipinski definition) is 5. The molecule has 1 atom stereocenters. The Hall–Kier alpha value is -3.17. The third kappa shape index (κ3) is 4.37. The molecule has 0 aliphatic rings. The van der Waals surface area contributed by atoms with E-state index in [9.17, 15) is 13.2 Å². The van der Waals surface area contributed by atoms with E-state index < -0.39 is 16.1 Å². The van der Waals surface area contributed by atoms with Crippen molar-refractivity contribution in [1.82, 2.24) is 14.7 Å². The van der Waals surface area contributed by atoms with E-state index in [2.05, 4.69) is 5.10 Å². The summed E-state index contributed by atoms with van der Waals surface area (Å²) >= 11 is 0. The second kappa shape index (κ2) is 8.29. The van der Waals surface area contributed by atoms with Crippen molar-refractivity contribution in [2.75, 3.05) is 14.2 Å². The van der Waals surface area contributed by atoms with Gasteiger partial charge in [0.2, 0.25) is 10.0 Å². The molecule has 8 nitrogen and oxygen atoms in total. The molecule has 158 valence electrons. The molecule has 0 aliphatic carbocycles. The Morgan fingerprint density at radius 1 is 1.20 bits per heavy atom. The fraction of sp³-hybridized carbons (Fsp3) is 0.238. The smallest absolute Gasteiger partial charge is 0.274 e. The molecule has 3 rings (SSSR count). The second-order valence-corrected chi connectivity index (χ2v) is 8.59. The van der Waals surface area contributed by atoms with Gasteiger partial charge in [0.05, 0.1) is 18.0 Å². The number of carbonyl (C=O) groups excluding carboxylic acids is 1. The Morgan fingerprint density at radius 3 is 2.60 bits per heavy atom. The third-order valence-corrected chi connectivity index (χ3v) is 5.87. The van der Waals surface area contributed by atoms with E-state index in [0.29, 0.717) is 11.3 Å². The normalized spacial score (nSPS) is 12.4. The van der Waals surface area contributed by atoms with Crippen LogP contribution >= 0.6 is 0 Å². The lowest BCUT2D eigenvalue weighted by atomic mass is 10.1. The van der Waals surface area contributed by atoms with Crippen LogP contribution in [0.2, 0.25) is 0 Å². The Kier molecular flexibility index (Phi) is 5.95. The molecule has 3 aromatic rings. The highest BCUT2D eigenvalue weighted by Gasteiger charge is 2.22. The van der Waals surface area contributed by atoms with Crippen LogP contribution in [-0.2, 0) is 10.0 Å². The van der Waals surface area contributed by atoms with Crippen molar-refractivity contribution < 1.29 is 17.9 Å². The zero-order valence-electron chi connectivity index (χ0n) is 17.2. The lowest BCUT2D eigenvalue weighted by Gasteiger charge is -2.25. The van der Waals surface area contributed by atoms with Crippen molar-refractivity contribution in [3.63, 3.8) is 0 Å². The van der Waals surface area contributed by atoms with Gasteiger partial charge in [-0.3, -0.25) is 4.79 Å². The first-order chi connectivity index (χ1) is 14.1. The van der Waals surface area contributed by atoms with Gasteiger partial charge in [-0.05, 0) is 55.3 Å². The molecule has 1 aromatic heterocycles. The zero-order valence-corrected chi connectivity index (χ0v) is 18.1. The molecule has 1 amide bonds. The van der Waals surface area contributed by atoms with Gasteiger partial charge in [0.25, 0.3) is 5.91 Å². The monoisotopic (exact) mass is 428 g/mol. The van der Waals surface area contributed by atoms with Gasteiger partial charge in [0.1, 0.15) is 11.4 Å². The Morgan fingerprint density at radius 2 is 1.93 bits per heavy atom. The Bertz CT molecular complexity index is 1190. The largest absolute Gasteiger partial charge is 0.494 e. The van der Waals surface area contributed by atoms with Gasteiger partial charge in [-0.25, -0.2) is 18.2 Å². The van der Waals surface area contributed by atoms with Crippen molar-refractivity contribution >= 4 is 15.9 Å². The highest BCUT2D eigenvalue weighted by atomic mass is 32.2. The second-order valence-electron chi connectivity index (χ2n) is 7.03. The van der Waals surface area contributed by atoms with E-state index in [1.54, 1.807) is 50.2 Å². The topological polar surface area (TPSA) is 108 Å². The summed E-state index contributed by atoms with van der Waals surface area (Å²) in [5, 5.41) is 9.63. The number of benzene rings is 2. The van der Waals surface area contributed by atoms with Crippen LogP contribution in [0.25, 0.3) is 5.69 Å². The minimum atomic E-state index is -3.83. The van der Waals surface area contributed by atoms with Crippen LogP contribution in [-0.4, -0.2) is 43.2 Å². The van der Waals surface area contributed by atoms with Crippen LogP contribution in [0.4, 0.5) is 0 Å². The Labute approximate surface area is 175 Å². The summed E-state index contributed by atoms with van der Waals surface area (Å²) in [5.41, 5.74) is 2.68. The minimum absolute atomic E-state index is 0.00326. The molecule has 1 heterocycles. The summed E-state index contributed by atoms with van der Waals surface area (Å²) < 4.78 is 30.2. The highest BCUT2D eigenvalue weighted by molar-refractivity contribution is 7.89. The minimum Gasteiger partial charge on any atom is -0.494 e. The number of nitrogens with zero attached hydrogens (tertiary/aromatic N) is 3. The number of aryl methyl sites for hydroxylation is 1. The average Bonchev–Trinajstić information content (AvgIpc) is 3.21. The number of hydrogen-bond donors (Lipinski definition) is 1. The van der Waals surface area contributed by atoms with Gasteiger partial charge < -0.3 is 9.64 Å². The van der Waals surface area contributed by atoms with Crippen molar-refractivity contribution in [1.29, 1.82) is 0 Å². The van der Waals surface area contributed by atoms with Crippen molar-refractivity contribution in [3.8, 4) is 11.4 Å². The molecule has 0 aliphatic heterocycles. The van der Waals surface area contributed by atoms with E-state index in [4.69, 9.17) is 9.88 Å². The first kappa shape index (κ1) is 21.5. The first-order valence-corrected chi connectivity index (χ1v) is 10.8. The number of nitrogens with two attached hydrogens (primary N) is 1. The molecule has 0 fully saturated rings. The molecule has 0 bridgehead atoms. The van der Waals surface area contributed by atoms with Crippen LogP contribution in [0.5, 0.6) is 5.75 Å². The fourth-order valence-corrected chi connectivity index (χ4v) is 3.65. The molecule has 2 N–H and O–H groups in total. The SMILES string of the molecule is COc1ccc(C)cc1-n1ccc(C(=O)N(C)C(C)c2cccc(S(N)(=O)=O)c2)n1. The average molecular weight is 429 g/mol. The van der Waals surface area contributed by atoms with Crippen LogP contribution < -0.4 is 9.88 Å². The summed E-state index contributed by atoms with van der Waals surface area (Å²) in [7, 11) is -0.605. The molecular formula is C21H24N4O4S. The predicted molar refractivity (Wildman–Crippen MR) is 113 cm³/mol. The van der Waals surface area contributed by atoms with Crippen LogP contribution in [0.1, 0.15) is 34.6 Å². The maximum atomic E-state index is 13.0. The van der Waals surface area contributed by atoms with Crippen LogP contribution in [0.15, 0.2) is 59.6 Å². The molecule has 9 heteroatoms. The summed E-state index contributed by atoms with van der Waals surface area (Å²) in [6.45, 7) is 3.77. The van der Waals surface area contributed by atoms with E-state index in [-0.39, 0.29) is 16.5 Å². The third-order valence-electron chi connectivity index (χ3n) is 4.96. The molecule has 0 saturated carbocycles. The maximum Gasteiger partial charge on any atom is 0.274 e. The highest BCUT2D eigenvalue weighted by Crippen LogP contribution is 2.25. The number of rotatable bonds is 6. The van der Waals surface area contributed by atoms with E-state index in [1.165, 1.54) is 17.0 Å². The van der Waals surface area contributed by atoms with Crippen LogP contribution in [0.3, 0.4) is 0 Å². The van der Waals surface area contributed by atoms with Gasteiger partial charge in [-0.1, -0.05) is 18.2 Å². The number of aromatic nitrogens is 2. The van der Waals surface area contributed by atoms with Gasteiger partial charge in [-0.15, -0.1) is 0 Å². The fourth-order valence-electron chi connectivity index (χ4n) is 3.08. The van der Waals surface area contributed by atoms with E-state index >= 15 is 0 Å². The summed E-state index contributed by atoms with van der Waals surface area (Å²) in [6, 6.07) is 13.2. The van der Waals surface area contributed by atoms with E-state index in [1.807, 2.05) is 25.1 Å². The molecular weight excluding hydrogens is 404 g/mol. The number of methoxy groups -OCH3 is 1. The molecule has 0 spiro atoms. The van der Waals surface area contributed by atoms with E-state index in [0.717, 1.165) is 11.3 Å². The van der Waals surface area contributed by atoms with Gasteiger partial charge in [-0.2, -0.15) is 5.10 Å².